The van der Waals surface area contributed by atoms with Crippen molar-refractivity contribution in [1.82, 2.24) is 9.62 Å². The van der Waals surface area contributed by atoms with Crippen LogP contribution < -0.4 is 10.1 Å². The van der Waals surface area contributed by atoms with Crippen molar-refractivity contribution in [2.45, 2.75) is 44.2 Å². The van der Waals surface area contributed by atoms with Gasteiger partial charge in [-0.15, -0.1) is 6.58 Å². The SMILES string of the molecule is C=CCN(Cc1ccc(C(=O)NC(C)CCC)cc1)S(=O)(=O)c1ccc(OC)cc1. The molecule has 0 saturated heterocycles. The molecule has 0 heterocycles. The number of nitrogens with one attached hydrogen (secondary N) is 1. The number of sulfonamides is 1. The Labute approximate surface area is 179 Å². The Morgan fingerprint density at radius 2 is 1.80 bits per heavy atom. The summed E-state index contributed by atoms with van der Waals surface area (Å²) < 4.78 is 32.6. The molecule has 0 aliphatic rings. The standard InChI is InChI=1S/C23H30N2O4S/c1-5-7-18(3)24-23(26)20-10-8-19(9-11-20)17-25(16-6-2)30(27,28)22-14-12-21(29-4)13-15-22/h6,8-15,18H,2,5,7,16-17H2,1,3-4H3,(H,24,26). The van der Waals surface area contributed by atoms with Crippen molar-refractivity contribution in [1.29, 1.82) is 0 Å². The summed E-state index contributed by atoms with van der Waals surface area (Å²) in [6.45, 7) is 8.08. The molecule has 2 rings (SSSR count). The van der Waals surface area contributed by atoms with Gasteiger partial charge < -0.3 is 10.1 Å². The van der Waals surface area contributed by atoms with Crippen molar-refractivity contribution in [3.05, 3.63) is 72.3 Å². The molecule has 0 aliphatic heterocycles. The molecule has 7 heteroatoms. The summed E-state index contributed by atoms with van der Waals surface area (Å²) >= 11 is 0. The van der Waals surface area contributed by atoms with E-state index in [4.69, 9.17) is 4.74 Å². The molecule has 0 fully saturated rings. The van der Waals surface area contributed by atoms with Crippen LogP contribution in [0.15, 0.2) is 66.1 Å². The summed E-state index contributed by atoms with van der Waals surface area (Å²) in [7, 11) is -2.18. The van der Waals surface area contributed by atoms with Crippen LogP contribution in [0.4, 0.5) is 0 Å². The van der Waals surface area contributed by atoms with E-state index in [1.807, 2.05) is 6.92 Å². The zero-order valence-electron chi connectivity index (χ0n) is 17.8. The van der Waals surface area contributed by atoms with Crippen molar-refractivity contribution in [2.75, 3.05) is 13.7 Å². The first-order valence-electron chi connectivity index (χ1n) is 9.96. The Bertz CT molecular complexity index is 938. The van der Waals surface area contributed by atoms with E-state index in [0.29, 0.717) is 11.3 Å². The molecule has 162 valence electrons. The zero-order valence-corrected chi connectivity index (χ0v) is 18.6. The number of amides is 1. The Morgan fingerprint density at radius 3 is 2.33 bits per heavy atom. The van der Waals surface area contributed by atoms with E-state index in [9.17, 15) is 13.2 Å². The van der Waals surface area contributed by atoms with E-state index in [0.717, 1.165) is 18.4 Å². The van der Waals surface area contributed by atoms with E-state index in [2.05, 4.69) is 18.8 Å². The fourth-order valence-corrected chi connectivity index (χ4v) is 4.46. The minimum atomic E-state index is -3.71. The fraction of sp³-hybridized carbons (Fsp3) is 0.348. The molecule has 0 radical (unpaired) electrons. The number of benzene rings is 2. The smallest absolute Gasteiger partial charge is 0.251 e. The van der Waals surface area contributed by atoms with Gasteiger partial charge in [0.2, 0.25) is 10.0 Å². The lowest BCUT2D eigenvalue weighted by atomic mass is 10.1. The number of hydrogen-bond acceptors (Lipinski definition) is 4. The van der Waals surface area contributed by atoms with Gasteiger partial charge in [-0.2, -0.15) is 4.31 Å². The van der Waals surface area contributed by atoms with Gasteiger partial charge in [-0.1, -0.05) is 31.6 Å². The molecule has 1 amide bonds. The predicted molar refractivity (Wildman–Crippen MR) is 119 cm³/mol. The minimum Gasteiger partial charge on any atom is -0.497 e. The van der Waals surface area contributed by atoms with Gasteiger partial charge in [-0.05, 0) is 55.3 Å². The third kappa shape index (κ3) is 6.18. The number of rotatable bonds is 11. The van der Waals surface area contributed by atoms with Crippen molar-refractivity contribution < 1.29 is 17.9 Å². The normalized spacial score (nSPS) is 12.4. The number of carbonyl (C=O) groups is 1. The van der Waals surface area contributed by atoms with Crippen LogP contribution in [0.5, 0.6) is 5.75 Å². The molecule has 0 aromatic heterocycles. The molecule has 0 saturated carbocycles. The monoisotopic (exact) mass is 430 g/mol. The van der Waals surface area contributed by atoms with Crippen LogP contribution in [0, 0.1) is 0 Å². The topological polar surface area (TPSA) is 75.7 Å². The lowest BCUT2D eigenvalue weighted by Crippen LogP contribution is -2.32. The molecule has 2 aromatic carbocycles. The highest BCUT2D eigenvalue weighted by atomic mass is 32.2. The minimum absolute atomic E-state index is 0.111. The van der Waals surface area contributed by atoms with Gasteiger partial charge in [0, 0.05) is 24.7 Å². The van der Waals surface area contributed by atoms with Crippen LogP contribution in [-0.2, 0) is 16.6 Å². The lowest BCUT2D eigenvalue weighted by molar-refractivity contribution is 0.0938. The van der Waals surface area contributed by atoms with Crippen LogP contribution in [0.25, 0.3) is 0 Å². The molecule has 1 atom stereocenters. The van der Waals surface area contributed by atoms with Gasteiger partial charge in [-0.3, -0.25) is 4.79 Å². The van der Waals surface area contributed by atoms with Gasteiger partial charge in [0.1, 0.15) is 5.75 Å². The van der Waals surface area contributed by atoms with Crippen LogP contribution in [0.1, 0.15) is 42.6 Å². The summed E-state index contributed by atoms with van der Waals surface area (Å²) in [6.07, 6.45) is 3.48. The van der Waals surface area contributed by atoms with Crippen molar-refractivity contribution in [3.63, 3.8) is 0 Å². The Balaban J connectivity index is 2.16. The van der Waals surface area contributed by atoms with Gasteiger partial charge in [0.15, 0.2) is 0 Å². The largest absolute Gasteiger partial charge is 0.497 e. The molecule has 0 aliphatic carbocycles. The van der Waals surface area contributed by atoms with Gasteiger partial charge in [0.25, 0.3) is 5.91 Å². The molecule has 0 spiro atoms. The van der Waals surface area contributed by atoms with Crippen LogP contribution in [-0.4, -0.2) is 38.3 Å². The molecule has 1 N–H and O–H groups in total. The summed E-state index contributed by atoms with van der Waals surface area (Å²) in [5.74, 6) is 0.461. The number of methoxy groups -OCH3 is 1. The quantitative estimate of drug-likeness (QED) is 0.547. The second-order valence-corrected chi connectivity index (χ2v) is 9.06. The molecule has 6 nitrogen and oxygen atoms in total. The van der Waals surface area contributed by atoms with Crippen molar-refractivity contribution >= 4 is 15.9 Å². The highest BCUT2D eigenvalue weighted by Crippen LogP contribution is 2.21. The summed E-state index contributed by atoms with van der Waals surface area (Å²) in [4.78, 5) is 12.5. The third-order valence-corrected chi connectivity index (χ3v) is 6.53. The van der Waals surface area contributed by atoms with Gasteiger partial charge in [0.05, 0.1) is 12.0 Å². The second kappa shape index (κ2) is 10.9. The first-order chi connectivity index (χ1) is 14.3. The van der Waals surface area contributed by atoms with Crippen LogP contribution in [0.2, 0.25) is 0 Å². The van der Waals surface area contributed by atoms with Gasteiger partial charge in [-0.25, -0.2) is 8.42 Å². The highest BCUT2D eigenvalue weighted by Gasteiger charge is 2.24. The second-order valence-electron chi connectivity index (χ2n) is 7.12. The molecule has 1 unspecified atom stereocenters. The van der Waals surface area contributed by atoms with Crippen LogP contribution in [0.3, 0.4) is 0 Å². The Hall–Kier alpha value is -2.64. The average molecular weight is 431 g/mol. The van der Waals surface area contributed by atoms with E-state index < -0.39 is 10.0 Å². The van der Waals surface area contributed by atoms with Crippen LogP contribution >= 0.6 is 0 Å². The van der Waals surface area contributed by atoms with Crippen molar-refractivity contribution in [3.8, 4) is 5.75 Å². The van der Waals surface area contributed by atoms with E-state index in [1.54, 1.807) is 42.5 Å². The number of ether oxygens (including phenoxy) is 1. The molecule has 30 heavy (non-hydrogen) atoms. The molecule has 0 bridgehead atoms. The van der Waals surface area contributed by atoms with Crippen molar-refractivity contribution in [2.24, 2.45) is 0 Å². The summed E-state index contributed by atoms with van der Waals surface area (Å²) in [5, 5.41) is 2.96. The first kappa shape index (κ1) is 23.6. The Morgan fingerprint density at radius 1 is 1.17 bits per heavy atom. The zero-order chi connectivity index (χ0) is 22.1. The third-order valence-electron chi connectivity index (χ3n) is 4.70. The first-order valence-corrected chi connectivity index (χ1v) is 11.4. The maximum Gasteiger partial charge on any atom is 0.251 e. The van der Waals surface area contributed by atoms with E-state index in [1.165, 1.54) is 23.5 Å². The summed E-state index contributed by atoms with van der Waals surface area (Å²) in [6, 6.07) is 13.4. The maximum absolute atomic E-state index is 13.1. The van der Waals surface area contributed by atoms with Gasteiger partial charge >= 0.3 is 0 Å². The Kier molecular flexibility index (Phi) is 8.62. The maximum atomic E-state index is 13.1. The average Bonchev–Trinajstić information content (AvgIpc) is 2.74. The van der Waals surface area contributed by atoms with E-state index in [-0.39, 0.29) is 29.9 Å². The van der Waals surface area contributed by atoms with E-state index >= 15 is 0 Å². The predicted octanol–water partition coefficient (Wildman–Crippen LogP) is 3.99. The number of hydrogen-bond donors (Lipinski definition) is 1. The fourth-order valence-electron chi connectivity index (χ4n) is 3.07. The lowest BCUT2D eigenvalue weighted by Gasteiger charge is -2.21. The molecular weight excluding hydrogens is 400 g/mol. The highest BCUT2D eigenvalue weighted by molar-refractivity contribution is 7.89. The number of nitrogens with zero attached hydrogens (tertiary/aromatic N) is 1. The molecule has 2 aromatic rings. The molecular formula is C23H30N2O4S. The summed E-state index contributed by atoms with van der Waals surface area (Å²) in [5.41, 5.74) is 1.34. The number of carbonyl (C=O) groups excluding carboxylic acids is 1.